The minimum Gasteiger partial charge on any atom is -0.496 e. The van der Waals surface area contributed by atoms with Gasteiger partial charge in [0.2, 0.25) is 0 Å². The van der Waals surface area contributed by atoms with Crippen LogP contribution < -0.4 is 10.5 Å². The van der Waals surface area contributed by atoms with E-state index < -0.39 is 0 Å². The Labute approximate surface area is 128 Å². The molecule has 0 bridgehead atoms. The predicted octanol–water partition coefficient (Wildman–Crippen LogP) is 2.93. The molecule has 1 unspecified atom stereocenters. The van der Waals surface area contributed by atoms with Gasteiger partial charge in [0.1, 0.15) is 5.75 Å². The van der Waals surface area contributed by atoms with Gasteiger partial charge in [-0.3, -0.25) is 4.98 Å². The number of nitrogens with zero attached hydrogens (tertiary/aromatic N) is 1. The molecular weight excluding hydrogens is 264 g/mol. The van der Waals surface area contributed by atoms with Crippen LogP contribution in [0.15, 0.2) is 6.20 Å². The SMILES string of the molecule is CCOC1(C(N)Cc2ncc(C)c(OC)c2C)CCCC1. The Hall–Kier alpha value is -1.13. The summed E-state index contributed by atoms with van der Waals surface area (Å²) in [6.07, 6.45) is 7.14. The third-order valence-electron chi connectivity index (χ3n) is 4.72. The van der Waals surface area contributed by atoms with Gasteiger partial charge >= 0.3 is 0 Å². The second kappa shape index (κ2) is 6.75. The lowest BCUT2D eigenvalue weighted by Crippen LogP contribution is -2.49. The van der Waals surface area contributed by atoms with Gasteiger partial charge < -0.3 is 15.2 Å². The molecule has 4 nitrogen and oxygen atoms in total. The van der Waals surface area contributed by atoms with Crippen LogP contribution in [0.4, 0.5) is 0 Å². The van der Waals surface area contributed by atoms with Gasteiger partial charge in [-0.15, -0.1) is 0 Å². The number of ether oxygens (including phenoxy) is 2. The molecular formula is C17H28N2O2. The van der Waals surface area contributed by atoms with Crippen molar-refractivity contribution in [2.75, 3.05) is 13.7 Å². The van der Waals surface area contributed by atoms with E-state index in [0.29, 0.717) is 0 Å². The van der Waals surface area contributed by atoms with Crippen LogP contribution in [-0.4, -0.2) is 30.3 Å². The van der Waals surface area contributed by atoms with Crippen molar-refractivity contribution in [2.24, 2.45) is 5.73 Å². The lowest BCUT2D eigenvalue weighted by Gasteiger charge is -2.35. The van der Waals surface area contributed by atoms with Gasteiger partial charge in [-0.25, -0.2) is 0 Å². The van der Waals surface area contributed by atoms with Crippen LogP contribution in [0.5, 0.6) is 5.75 Å². The minimum atomic E-state index is -0.166. The highest BCUT2D eigenvalue weighted by Crippen LogP contribution is 2.37. The molecule has 2 N–H and O–H groups in total. The molecule has 1 heterocycles. The fourth-order valence-corrected chi connectivity index (χ4v) is 3.55. The fourth-order valence-electron chi connectivity index (χ4n) is 3.55. The Morgan fingerprint density at radius 1 is 1.33 bits per heavy atom. The maximum Gasteiger partial charge on any atom is 0.128 e. The van der Waals surface area contributed by atoms with Gasteiger partial charge in [0.15, 0.2) is 0 Å². The van der Waals surface area contributed by atoms with E-state index in [4.69, 9.17) is 15.2 Å². The Balaban J connectivity index is 2.21. The number of hydrogen-bond acceptors (Lipinski definition) is 4. The van der Waals surface area contributed by atoms with E-state index in [-0.39, 0.29) is 11.6 Å². The largest absolute Gasteiger partial charge is 0.496 e. The van der Waals surface area contributed by atoms with Crippen LogP contribution in [0.25, 0.3) is 0 Å². The number of methoxy groups -OCH3 is 1. The zero-order valence-electron chi connectivity index (χ0n) is 13.7. The predicted molar refractivity (Wildman–Crippen MR) is 84.8 cm³/mol. The maximum absolute atomic E-state index is 6.52. The molecule has 0 spiro atoms. The molecule has 1 saturated carbocycles. The van der Waals surface area contributed by atoms with Crippen LogP contribution >= 0.6 is 0 Å². The van der Waals surface area contributed by atoms with Crippen molar-refractivity contribution in [3.8, 4) is 5.75 Å². The van der Waals surface area contributed by atoms with E-state index in [1.165, 1.54) is 12.8 Å². The van der Waals surface area contributed by atoms with E-state index in [1.54, 1.807) is 7.11 Å². The molecule has 0 radical (unpaired) electrons. The number of aryl methyl sites for hydroxylation is 1. The standard InChI is InChI=1S/C17H28N2O2/c1-5-21-17(8-6-7-9-17)15(18)10-14-13(3)16(20-4)12(2)11-19-14/h11,15H,5-10,18H2,1-4H3. The van der Waals surface area contributed by atoms with Crippen LogP contribution in [0.1, 0.15) is 49.4 Å². The summed E-state index contributed by atoms with van der Waals surface area (Å²) in [6, 6.07) is -0.0152. The van der Waals surface area contributed by atoms with Crippen molar-refractivity contribution < 1.29 is 9.47 Å². The molecule has 21 heavy (non-hydrogen) atoms. The van der Waals surface area contributed by atoms with E-state index in [0.717, 1.165) is 48.4 Å². The van der Waals surface area contributed by atoms with E-state index in [1.807, 2.05) is 20.0 Å². The van der Waals surface area contributed by atoms with Gasteiger partial charge in [0.25, 0.3) is 0 Å². The lowest BCUT2D eigenvalue weighted by atomic mass is 9.88. The van der Waals surface area contributed by atoms with Crippen molar-refractivity contribution in [3.05, 3.63) is 23.0 Å². The van der Waals surface area contributed by atoms with Crippen molar-refractivity contribution in [2.45, 2.75) is 64.5 Å². The molecule has 4 heteroatoms. The molecule has 0 amide bonds. The molecule has 2 rings (SSSR count). The Morgan fingerprint density at radius 3 is 2.57 bits per heavy atom. The summed E-state index contributed by atoms with van der Waals surface area (Å²) in [5, 5.41) is 0. The van der Waals surface area contributed by atoms with Crippen molar-refractivity contribution >= 4 is 0 Å². The molecule has 1 atom stereocenters. The Morgan fingerprint density at radius 2 is 2.00 bits per heavy atom. The summed E-state index contributed by atoms with van der Waals surface area (Å²) < 4.78 is 11.5. The summed E-state index contributed by atoms with van der Waals surface area (Å²) in [4.78, 5) is 4.57. The first-order valence-corrected chi connectivity index (χ1v) is 7.92. The normalized spacial score (nSPS) is 18.7. The molecule has 1 aromatic rings. The molecule has 0 aliphatic heterocycles. The summed E-state index contributed by atoms with van der Waals surface area (Å²) in [7, 11) is 1.71. The van der Waals surface area contributed by atoms with Crippen molar-refractivity contribution in [3.63, 3.8) is 0 Å². The van der Waals surface area contributed by atoms with E-state index in [2.05, 4.69) is 11.9 Å². The second-order valence-corrected chi connectivity index (χ2v) is 6.06. The molecule has 0 aromatic carbocycles. The van der Waals surface area contributed by atoms with Crippen LogP contribution in [0.2, 0.25) is 0 Å². The van der Waals surface area contributed by atoms with Gasteiger partial charge in [0.05, 0.1) is 12.7 Å². The highest BCUT2D eigenvalue weighted by molar-refractivity contribution is 5.41. The third-order valence-corrected chi connectivity index (χ3v) is 4.72. The average molecular weight is 292 g/mol. The fraction of sp³-hybridized carbons (Fsp3) is 0.706. The van der Waals surface area contributed by atoms with Gasteiger partial charge in [-0.1, -0.05) is 12.8 Å². The van der Waals surface area contributed by atoms with Crippen molar-refractivity contribution in [1.29, 1.82) is 0 Å². The van der Waals surface area contributed by atoms with Gasteiger partial charge in [-0.05, 0) is 33.6 Å². The number of nitrogens with two attached hydrogens (primary N) is 1. The molecule has 1 fully saturated rings. The average Bonchev–Trinajstić information content (AvgIpc) is 2.93. The van der Waals surface area contributed by atoms with E-state index in [9.17, 15) is 0 Å². The monoisotopic (exact) mass is 292 g/mol. The highest BCUT2D eigenvalue weighted by Gasteiger charge is 2.40. The van der Waals surface area contributed by atoms with Crippen LogP contribution in [-0.2, 0) is 11.2 Å². The quantitative estimate of drug-likeness (QED) is 0.876. The number of rotatable bonds is 6. The lowest BCUT2D eigenvalue weighted by molar-refractivity contribution is -0.0527. The smallest absolute Gasteiger partial charge is 0.128 e. The number of pyridine rings is 1. The number of hydrogen-bond donors (Lipinski definition) is 1. The second-order valence-electron chi connectivity index (χ2n) is 6.06. The van der Waals surface area contributed by atoms with Gasteiger partial charge in [0, 0.05) is 42.1 Å². The molecule has 1 aliphatic rings. The molecule has 1 aliphatic carbocycles. The first-order valence-electron chi connectivity index (χ1n) is 7.92. The summed E-state index contributed by atoms with van der Waals surface area (Å²) >= 11 is 0. The van der Waals surface area contributed by atoms with Crippen molar-refractivity contribution in [1.82, 2.24) is 4.98 Å². The molecule has 1 aromatic heterocycles. The maximum atomic E-state index is 6.52. The van der Waals surface area contributed by atoms with Crippen LogP contribution in [0, 0.1) is 13.8 Å². The Kier molecular flexibility index (Phi) is 5.22. The zero-order chi connectivity index (χ0) is 15.5. The third kappa shape index (κ3) is 3.22. The van der Waals surface area contributed by atoms with Crippen LogP contribution in [0.3, 0.4) is 0 Å². The molecule has 0 saturated heterocycles. The zero-order valence-corrected chi connectivity index (χ0v) is 13.7. The number of aromatic nitrogens is 1. The summed E-state index contributed by atoms with van der Waals surface area (Å²) in [5.41, 5.74) is 9.54. The highest BCUT2D eigenvalue weighted by atomic mass is 16.5. The first-order chi connectivity index (χ1) is 10.0. The first kappa shape index (κ1) is 16.2. The summed E-state index contributed by atoms with van der Waals surface area (Å²) in [6.45, 7) is 6.84. The topological polar surface area (TPSA) is 57.4 Å². The Bertz CT molecular complexity index is 482. The minimum absolute atomic E-state index is 0.0152. The van der Waals surface area contributed by atoms with E-state index >= 15 is 0 Å². The molecule has 118 valence electrons. The summed E-state index contributed by atoms with van der Waals surface area (Å²) in [5.74, 6) is 0.920. The van der Waals surface area contributed by atoms with Gasteiger partial charge in [-0.2, -0.15) is 0 Å².